The smallest absolute Gasteiger partial charge is 0.312 e. The van der Waals surface area contributed by atoms with Gasteiger partial charge in [0.2, 0.25) is 0 Å². The fraction of sp³-hybridized carbons (Fsp3) is 0.227. The molecule has 0 saturated heterocycles. The van der Waals surface area contributed by atoms with Crippen LogP contribution in [0.4, 0.5) is 0 Å². The summed E-state index contributed by atoms with van der Waals surface area (Å²) in [6.07, 6.45) is 2.82. The lowest BCUT2D eigenvalue weighted by Crippen LogP contribution is -2.12. The lowest BCUT2D eigenvalue weighted by Gasteiger charge is -2.07. The summed E-state index contributed by atoms with van der Waals surface area (Å²) in [4.78, 5) is 16.8. The lowest BCUT2D eigenvalue weighted by molar-refractivity contribution is -0.144. The molecule has 5 rings (SSSR count). The van der Waals surface area contributed by atoms with Crippen LogP contribution in [0.25, 0.3) is 22.3 Å². The maximum absolute atomic E-state index is 12.5. The molecule has 140 valence electrons. The Bertz CT molecular complexity index is 1220. The van der Waals surface area contributed by atoms with Gasteiger partial charge in [0.05, 0.1) is 35.2 Å². The predicted molar refractivity (Wildman–Crippen MR) is 106 cm³/mol. The number of nitrogens with zero attached hydrogens (tertiary/aromatic N) is 4. The van der Waals surface area contributed by atoms with Crippen molar-refractivity contribution in [1.29, 1.82) is 0 Å². The monoisotopic (exact) mass is 372 g/mol. The fourth-order valence-corrected chi connectivity index (χ4v) is 3.94. The molecule has 0 bridgehead atoms. The van der Waals surface area contributed by atoms with Crippen molar-refractivity contribution in [3.8, 4) is 11.3 Å². The van der Waals surface area contributed by atoms with E-state index in [4.69, 9.17) is 4.74 Å². The summed E-state index contributed by atoms with van der Waals surface area (Å²) in [5, 5.41) is 4.64. The van der Waals surface area contributed by atoms with Crippen LogP contribution in [-0.2, 0) is 43.1 Å². The molecule has 2 heterocycles. The third-order valence-electron chi connectivity index (χ3n) is 5.42. The van der Waals surface area contributed by atoms with E-state index in [0.717, 1.165) is 45.5 Å². The molecule has 0 atom stereocenters. The minimum atomic E-state index is -0.247. The largest absolute Gasteiger partial charge is 0.461 e. The molecule has 0 aliphatic heterocycles. The van der Waals surface area contributed by atoms with Crippen LogP contribution in [0, 0.1) is 0 Å². The number of hydrogen-bond donors (Lipinski definition) is 0. The van der Waals surface area contributed by atoms with Crippen molar-refractivity contribution in [2.75, 3.05) is 0 Å². The first-order valence-corrected chi connectivity index (χ1v) is 9.29. The van der Waals surface area contributed by atoms with E-state index in [1.54, 1.807) is 6.33 Å². The Morgan fingerprint density at radius 2 is 2.04 bits per heavy atom. The van der Waals surface area contributed by atoms with Gasteiger partial charge >= 0.3 is 5.97 Å². The number of imidazole rings is 1. The third-order valence-corrected chi connectivity index (χ3v) is 5.42. The van der Waals surface area contributed by atoms with Crippen molar-refractivity contribution >= 4 is 17.0 Å². The molecule has 0 spiro atoms. The summed E-state index contributed by atoms with van der Waals surface area (Å²) in [5.41, 5.74) is 8.37. The Hall–Kier alpha value is -3.41. The molecule has 6 heteroatoms. The van der Waals surface area contributed by atoms with E-state index < -0.39 is 0 Å². The Morgan fingerprint density at radius 3 is 2.93 bits per heavy atom. The van der Waals surface area contributed by atoms with Crippen molar-refractivity contribution in [2.24, 2.45) is 14.1 Å². The zero-order valence-electron chi connectivity index (χ0n) is 15.8. The highest BCUT2D eigenvalue weighted by Gasteiger charge is 2.27. The van der Waals surface area contributed by atoms with Gasteiger partial charge in [0.25, 0.3) is 0 Å². The Balaban J connectivity index is 1.30. The average molecular weight is 372 g/mol. The molecular formula is C22H20N4O2. The van der Waals surface area contributed by atoms with Gasteiger partial charge in [-0.1, -0.05) is 30.3 Å². The van der Waals surface area contributed by atoms with Crippen LogP contribution < -0.4 is 0 Å². The van der Waals surface area contributed by atoms with E-state index in [9.17, 15) is 4.79 Å². The molecule has 0 unspecified atom stereocenters. The van der Waals surface area contributed by atoms with Gasteiger partial charge in [0.15, 0.2) is 0 Å². The summed E-state index contributed by atoms with van der Waals surface area (Å²) < 4.78 is 9.31. The van der Waals surface area contributed by atoms with E-state index >= 15 is 0 Å². The van der Waals surface area contributed by atoms with Gasteiger partial charge in [-0.2, -0.15) is 5.10 Å². The highest BCUT2D eigenvalue weighted by Crippen LogP contribution is 2.37. The maximum atomic E-state index is 12.5. The molecule has 28 heavy (non-hydrogen) atoms. The summed E-state index contributed by atoms with van der Waals surface area (Å²) in [7, 11) is 3.85. The van der Waals surface area contributed by atoms with E-state index in [1.807, 2.05) is 53.7 Å². The van der Waals surface area contributed by atoms with Crippen LogP contribution in [0.15, 0.2) is 48.8 Å². The number of carbonyl (C=O) groups is 1. The van der Waals surface area contributed by atoms with Crippen LogP contribution in [0.2, 0.25) is 0 Å². The van der Waals surface area contributed by atoms with Gasteiger partial charge in [-0.05, 0) is 23.3 Å². The second-order valence-corrected chi connectivity index (χ2v) is 7.25. The van der Waals surface area contributed by atoms with E-state index in [1.165, 1.54) is 5.56 Å². The first kappa shape index (κ1) is 16.7. The quantitative estimate of drug-likeness (QED) is 0.455. The SMILES string of the molecule is Cn1nc2c(c1CC(=O)OCc1ccc3c(c1)ncn3C)Cc1ccccc1-2. The minimum Gasteiger partial charge on any atom is -0.461 e. The number of rotatable bonds is 4. The number of carbonyl (C=O) groups excluding carboxylic acids is 1. The minimum absolute atomic E-state index is 0.221. The van der Waals surface area contributed by atoms with Crippen molar-refractivity contribution in [1.82, 2.24) is 19.3 Å². The van der Waals surface area contributed by atoms with Crippen LogP contribution in [0.1, 0.15) is 22.4 Å². The summed E-state index contributed by atoms with van der Waals surface area (Å²) in [6.45, 7) is 0.242. The highest BCUT2D eigenvalue weighted by molar-refractivity contribution is 5.79. The molecule has 0 N–H and O–H groups in total. The Labute approximate surface area is 162 Å². The normalized spacial score (nSPS) is 12.2. The van der Waals surface area contributed by atoms with Gasteiger partial charge < -0.3 is 9.30 Å². The van der Waals surface area contributed by atoms with Crippen LogP contribution >= 0.6 is 0 Å². The van der Waals surface area contributed by atoms with E-state index in [2.05, 4.69) is 22.2 Å². The van der Waals surface area contributed by atoms with E-state index in [0.29, 0.717) is 0 Å². The summed E-state index contributed by atoms with van der Waals surface area (Å²) >= 11 is 0. The van der Waals surface area contributed by atoms with Crippen LogP contribution in [0.5, 0.6) is 0 Å². The molecular weight excluding hydrogens is 352 g/mol. The molecule has 6 nitrogen and oxygen atoms in total. The molecule has 2 aromatic heterocycles. The molecule has 0 saturated carbocycles. The van der Waals surface area contributed by atoms with Gasteiger partial charge in [0, 0.05) is 31.6 Å². The van der Waals surface area contributed by atoms with Gasteiger partial charge in [-0.3, -0.25) is 9.48 Å². The maximum Gasteiger partial charge on any atom is 0.312 e. The summed E-state index contributed by atoms with van der Waals surface area (Å²) in [6, 6.07) is 14.2. The van der Waals surface area contributed by atoms with E-state index in [-0.39, 0.29) is 19.0 Å². The second kappa shape index (κ2) is 6.34. The van der Waals surface area contributed by atoms with Gasteiger partial charge in [-0.25, -0.2) is 4.98 Å². The first-order chi connectivity index (χ1) is 13.6. The van der Waals surface area contributed by atoms with Crippen molar-refractivity contribution in [3.63, 3.8) is 0 Å². The third kappa shape index (κ3) is 2.69. The Kier molecular flexibility index (Phi) is 3.79. The number of ether oxygens (including phenoxy) is 1. The molecule has 4 aromatic rings. The van der Waals surface area contributed by atoms with Crippen molar-refractivity contribution in [3.05, 3.63) is 71.2 Å². The number of hydrogen-bond acceptors (Lipinski definition) is 4. The summed E-state index contributed by atoms with van der Waals surface area (Å²) in [5.74, 6) is -0.247. The molecule has 2 aromatic carbocycles. The van der Waals surface area contributed by atoms with Crippen molar-refractivity contribution < 1.29 is 9.53 Å². The number of aromatic nitrogens is 4. The molecule has 1 aliphatic carbocycles. The molecule has 1 aliphatic rings. The zero-order chi connectivity index (χ0) is 19.3. The fourth-order valence-electron chi connectivity index (χ4n) is 3.94. The second-order valence-electron chi connectivity index (χ2n) is 7.25. The lowest BCUT2D eigenvalue weighted by atomic mass is 10.1. The molecule has 0 amide bonds. The van der Waals surface area contributed by atoms with Gasteiger partial charge in [0.1, 0.15) is 6.61 Å². The number of esters is 1. The highest BCUT2D eigenvalue weighted by atomic mass is 16.5. The standard InChI is InChI=1S/C22H20N4O2/c1-25-13-23-18-9-14(7-8-19(18)25)12-28-21(27)11-20-17-10-15-5-3-4-6-16(15)22(17)24-26(20)2/h3-9,13H,10-12H2,1-2H3. The number of benzene rings is 2. The van der Waals surface area contributed by atoms with Crippen molar-refractivity contribution in [2.45, 2.75) is 19.4 Å². The number of fused-ring (bicyclic) bond motifs is 4. The topological polar surface area (TPSA) is 61.9 Å². The average Bonchev–Trinajstić information content (AvgIpc) is 3.33. The van der Waals surface area contributed by atoms with Gasteiger partial charge in [-0.15, -0.1) is 0 Å². The molecule has 0 radical (unpaired) electrons. The van der Waals surface area contributed by atoms with Crippen LogP contribution in [0.3, 0.4) is 0 Å². The number of aryl methyl sites for hydroxylation is 2. The Morgan fingerprint density at radius 1 is 1.18 bits per heavy atom. The molecule has 0 fully saturated rings. The zero-order valence-corrected chi connectivity index (χ0v) is 15.8. The van der Waals surface area contributed by atoms with Crippen LogP contribution in [-0.4, -0.2) is 25.3 Å². The first-order valence-electron chi connectivity index (χ1n) is 9.29. The predicted octanol–water partition coefficient (Wildman–Crippen LogP) is 3.16.